The molecule has 0 aliphatic carbocycles. The molecule has 0 aliphatic rings. The van der Waals surface area contributed by atoms with Gasteiger partial charge in [0.1, 0.15) is 11.3 Å². The van der Waals surface area contributed by atoms with Crippen LogP contribution in [-0.2, 0) is 11.8 Å². The Hall–Kier alpha value is -3.00. The molecule has 1 amide bonds. The number of carbonyl (C=O) groups excluding carboxylic acids is 1. The molecule has 0 aliphatic heterocycles. The summed E-state index contributed by atoms with van der Waals surface area (Å²) in [6.07, 6.45) is 0. The number of rotatable bonds is 3. The first kappa shape index (κ1) is 17.4. The molecule has 2 heterocycles. The van der Waals surface area contributed by atoms with Gasteiger partial charge in [0.25, 0.3) is 5.91 Å². The number of pyridine rings is 1. The molecular weight excluding hydrogens is 310 g/mol. The minimum absolute atomic E-state index is 0.0417. The molecule has 0 atom stereocenters. The monoisotopic (exact) mass is 329 g/mol. The zero-order valence-corrected chi connectivity index (χ0v) is 13.7. The normalized spacial score (nSPS) is 10.5. The number of aryl methyl sites for hydroxylation is 2. The number of primary amides is 1. The van der Waals surface area contributed by atoms with Gasteiger partial charge in [-0.15, -0.1) is 0 Å². The van der Waals surface area contributed by atoms with Gasteiger partial charge in [0.2, 0.25) is 0 Å². The summed E-state index contributed by atoms with van der Waals surface area (Å²) in [5.74, 6) is -0.549. The summed E-state index contributed by atoms with van der Waals surface area (Å²) in [5, 5.41) is 11.3. The lowest BCUT2D eigenvalue weighted by Crippen LogP contribution is -2.16. The molecule has 24 heavy (non-hydrogen) atoms. The van der Waals surface area contributed by atoms with E-state index < -0.39 is 11.9 Å². The molecule has 1 aromatic carbocycles. The van der Waals surface area contributed by atoms with Gasteiger partial charge < -0.3 is 20.7 Å². The molecule has 3 rings (SSSR count). The fourth-order valence-corrected chi connectivity index (χ4v) is 2.35. The lowest BCUT2D eigenvalue weighted by atomic mass is 10.1. The van der Waals surface area contributed by atoms with Crippen LogP contribution in [0.2, 0.25) is 0 Å². The van der Waals surface area contributed by atoms with E-state index in [0.717, 1.165) is 22.2 Å². The van der Waals surface area contributed by atoms with E-state index in [1.807, 2.05) is 42.8 Å². The molecule has 3 aromatic rings. The van der Waals surface area contributed by atoms with Crippen molar-refractivity contribution < 1.29 is 14.7 Å². The van der Waals surface area contributed by atoms with Crippen molar-refractivity contribution in [2.24, 2.45) is 12.8 Å². The number of aromatic nitrogens is 3. The molecule has 0 saturated heterocycles. The van der Waals surface area contributed by atoms with Crippen molar-refractivity contribution in [2.75, 3.05) is 13.6 Å². The lowest BCUT2D eigenvalue weighted by molar-refractivity contribution is -0.135. The average molecular weight is 329 g/mol. The Morgan fingerprint density at radius 3 is 2.50 bits per heavy atom. The topological polar surface area (TPSA) is 123 Å². The number of nitrogens with two attached hydrogens (primary N) is 1. The van der Waals surface area contributed by atoms with E-state index in [1.165, 1.54) is 0 Å². The van der Waals surface area contributed by atoms with Crippen LogP contribution in [0.1, 0.15) is 16.3 Å². The summed E-state index contributed by atoms with van der Waals surface area (Å²) in [6, 6.07) is 7.66. The van der Waals surface area contributed by atoms with Crippen LogP contribution < -0.4 is 11.1 Å². The van der Waals surface area contributed by atoms with Crippen molar-refractivity contribution in [3.05, 3.63) is 35.8 Å². The summed E-state index contributed by atoms with van der Waals surface area (Å²) in [6.45, 7) is 1.93. The Morgan fingerprint density at radius 2 is 1.96 bits per heavy atom. The van der Waals surface area contributed by atoms with Crippen LogP contribution in [0, 0.1) is 6.92 Å². The van der Waals surface area contributed by atoms with Crippen LogP contribution in [0.4, 0.5) is 0 Å². The van der Waals surface area contributed by atoms with Crippen molar-refractivity contribution in [3.8, 4) is 0 Å². The summed E-state index contributed by atoms with van der Waals surface area (Å²) in [7, 11) is 3.51. The second-order valence-corrected chi connectivity index (χ2v) is 5.18. The number of carboxylic acid groups (broad SMARTS) is 1. The highest BCUT2D eigenvalue weighted by atomic mass is 16.4. The maximum absolute atomic E-state index is 11.5. The van der Waals surface area contributed by atoms with Gasteiger partial charge in [0.15, 0.2) is 5.69 Å². The Bertz CT molecular complexity index is 917. The third-order valence-corrected chi connectivity index (χ3v) is 3.50. The Balaban J connectivity index is 0.000000301. The number of aliphatic carboxylic acids is 1. The molecule has 2 aromatic heterocycles. The molecule has 4 N–H and O–H groups in total. The third-order valence-electron chi connectivity index (χ3n) is 3.50. The number of fused-ring (bicyclic) bond motifs is 3. The first-order chi connectivity index (χ1) is 11.4. The van der Waals surface area contributed by atoms with Crippen LogP contribution in [0.25, 0.3) is 21.9 Å². The maximum Gasteiger partial charge on any atom is 0.317 e. The number of imidazole rings is 1. The molecule has 0 fully saturated rings. The van der Waals surface area contributed by atoms with Gasteiger partial charge in [-0.1, -0.05) is 18.2 Å². The van der Waals surface area contributed by atoms with E-state index >= 15 is 0 Å². The fourth-order valence-electron chi connectivity index (χ4n) is 2.35. The number of carbonyl (C=O) groups is 2. The predicted molar refractivity (Wildman–Crippen MR) is 90.8 cm³/mol. The van der Waals surface area contributed by atoms with Crippen molar-refractivity contribution in [1.82, 2.24) is 19.9 Å². The summed E-state index contributed by atoms with van der Waals surface area (Å²) < 4.78 is 1.95. The number of hydrogen-bond acceptors (Lipinski definition) is 5. The Kier molecular flexibility index (Phi) is 5.10. The van der Waals surface area contributed by atoms with Crippen molar-refractivity contribution in [2.45, 2.75) is 6.92 Å². The number of nitrogens with zero attached hydrogens (tertiary/aromatic N) is 3. The van der Waals surface area contributed by atoms with Crippen LogP contribution in [0.5, 0.6) is 0 Å². The minimum atomic E-state index is -0.822. The number of benzene rings is 1. The van der Waals surface area contributed by atoms with Crippen molar-refractivity contribution in [3.63, 3.8) is 0 Å². The Labute approximate surface area is 138 Å². The standard InChI is InChI=1S/C13H12N4O.C3H7NO2/c1-7-15-10-11(13(14)18)16-9-6-4-3-5-8(9)12(10)17(7)2;1-4-2-3(5)6/h3-6H,1-2H3,(H2,14,18);4H,2H2,1H3,(H,5,6). The summed E-state index contributed by atoms with van der Waals surface area (Å²) in [5.41, 5.74) is 7.83. The number of carboxylic acids is 1. The average Bonchev–Trinajstić information content (AvgIpc) is 2.82. The second-order valence-electron chi connectivity index (χ2n) is 5.18. The first-order valence-corrected chi connectivity index (χ1v) is 7.24. The number of para-hydroxylation sites is 1. The van der Waals surface area contributed by atoms with Crippen LogP contribution in [-0.4, -0.2) is 45.1 Å². The van der Waals surface area contributed by atoms with Gasteiger partial charge >= 0.3 is 5.97 Å². The minimum Gasteiger partial charge on any atom is -0.480 e. The van der Waals surface area contributed by atoms with Crippen molar-refractivity contribution in [1.29, 1.82) is 0 Å². The van der Waals surface area contributed by atoms with Crippen LogP contribution in [0.3, 0.4) is 0 Å². The first-order valence-electron chi connectivity index (χ1n) is 7.24. The van der Waals surface area contributed by atoms with Gasteiger partial charge in [0.05, 0.1) is 17.6 Å². The summed E-state index contributed by atoms with van der Waals surface area (Å²) >= 11 is 0. The highest BCUT2D eigenvalue weighted by Crippen LogP contribution is 2.26. The van der Waals surface area contributed by atoms with Gasteiger partial charge in [-0.3, -0.25) is 9.59 Å². The van der Waals surface area contributed by atoms with E-state index in [2.05, 4.69) is 15.3 Å². The van der Waals surface area contributed by atoms with Crippen LogP contribution in [0.15, 0.2) is 24.3 Å². The van der Waals surface area contributed by atoms with Gasteiger partial charge in [-0.25, -0.2) is 9.97 Å². The molecule has 0 spiro atoms. The SMILES string of the molecule is CNCC(=O)O.Cc1nc2c(C(N)=O)nc3ccccc3c2n1C. The van der Waals surface area contributed by atoms with E-state index in [1.54, 1.807) is 7.05 Å². The largest absolute Gasteiger partial charge is 0.480 e. The number of nitrogens with one attached hydrogen (secondary N) is 1. The molecule has 8 heteroatoms. The second kappa shape index (κ2) is 7.05. The maximum atomic E-state index is 11.5. The van der Waals surface area contributed by atoms with Crippen LogP contribution >= 0.6 is 0 Å². The third kappa shape index (κ3) is 3.33. The molecule has 126 valence electrons. The molecule has 0 saturated carbocycles. The predicted octanol–water partition coefficient (Wildman–Crippen LogP) is 0.819. The molecular formula is C16H19N5O3. The van der Waals surface area contributed by atoms with E-state index in [0.29, 0.717) is 5.52 Å². The van der Waals surface area contributed by atoms with E-state index in [-0.39, 0.29) is 12.2 Å². The fraction of sp³-hybridized carbons (Fsp3) is 0.250. The number of amides is 1. The smallest absolute Gasteiger partial charge is 0.317 e. The zero-order chi connectivity index (χ0) is 17.9. The molecule has 0 unspecified atom stereocenters. The highest BCUT2D eigenvalue weighted by molar-refractivity contribution is 6.11. The quantitative estimate of drug-likeness (QED) is 0.653. The number of hydrogen-bond donors (Lipinski definition) is 3. The molecule has 0 bridgehead atoms. The van der Waals surface area contributed by atoms with E-state index in [4.69, 9.17) is 10.8 Å². The van der Waals surface area contributed by atoms with Gasteiger partial charge in [0, 0.05) is 12.4 Å². The molecule has 0 radical (unpaired) electrons. The highest BCUT2D eigenvalue weighted by Gasteiger charge is 2.17. The molecule has 8 nitrogen and oxygen atoms in total. The van der Waals surface area contributed by atoms with Crippen molar-refractivity contribution >= 4 is 33.8 Å². The van der Waals surface area contributed by atoms with Gasteiger partial charge in [-0.05, 0) is 20.0 Å². The Morgan fingerprint density at radius 1 is 1.29 bits per heavy atom. The van der Waals surface area contributed by atoms with Gasteiger partial charge in [-0.2, -0.15) is 0 Å². The lowest BCUT2D eigenvalue weighted by Gasteiger charge is -2.04. The van der Waals surface area contributed by atoms with E-state index in [9.17, 15) is 9.59 Å². The summed E-state index contributed by atoms with van der Waals surface area (Å²) in [4.78, 5) is 29.7. The number of likely N-dealkylation sites (N-methyl/N-ethyl adjacent to an activating group) is 1. The zero-order valence-electron chi connectivity index (χ0n) is 13.7.